The SMILES string of the molecule is CC(C(=O)O)N1CCN(C2CCN3CCC2C3)CC1. The second-order valence-electron chi connectivity index (χ2n) is 6.29. The number of fused-ring (bicyclic) bond motifs is 2. The van der Waals surface area contributed by atoms with Gasteiger partial charge in [0.2, 0.25) is 0 Å². The van der Waals surface area contributed by atoms with Gasteiger partial charge in [0.25, 0.3) is 0 Å². The molecule has 19 heavy (non-hydrogen) atoms. The molecule has 4 unspecified atom stereocenters. The topological polar surface area (TPSA) is 47.0 Å². The highest BCUT2D eigenvalue weighted by Crippen LogP contribution is 2.31. The summed E-state index contributed by atoms with van der Waals surface area (Å²) in [5.74, 6) is 0.162. The summed E-state index contributed by atoms with van der Waals surface area (Å²) in [4.78, 5) is 18.3. The first-order chi connectivity index (χ1) is 9.15. The molecule has 0 aromatic heterocycles. The molecule has 4 atom stereocenters. The number of carboxylic acid groups (broad SMARTS) is 1. The van der Waals surface area contributed by atoms with Crippen LogP contribution in [-0.2, 0) is 4.79 Å². The molecule has 1 N–H and O–H groups in total. The molecule has 0 amide bonds. The lowest BCUT2D eigenvalue weighted by atomic mass is 9.92. The minimum atomic E-state index is -0.697. The van der Waals surface area contributed by atoms with Gasteiger partial charge in [-0.05, 0) is 38.8 Å². The van der Waals surface area contributed by atoms with Gasteiger partial charge in [0, 0.05) is 38.8 Å². The Morgan fingerprint density at radius 2 is 1.79 bits per heavy atom. The summed E-state index contributed by atoms with van der Waals surface area (Å²) >= 11 is 0. The Labute approximate surface area is 115 Å². The smallest absolute Gasteiger partial charge is 0.320 e. The van der Waals surface area contributed by atoms with Crippen molar-refractivity contribution in [3.63, 3.8) is 0 Å². The van der Waals surface area contributed by atoms with E-state index in [1.165, 1.54) is 32.5 Å². The van der Waals surface area contributed by atoms with Crippen molar-refractivity contribution in [3.8, 4) is 0 Å². The molecule has 3 aliphatic heterocycles. The number of hydrogen-bond acceptors (Lipinski definition) is 4. The van der Waals surface area contributed by atoms with Gasteiger partial charge in [0.1, 0.15) is 6.04 Å². The van der Waals surface area contributed by atoms with Gasteiger partial charge < -0.3 is 10.0 Å². The molecule has 5 nitrogen and oxygen atoms in total. The fourth-order valence-electron chi connectivity index (χ4n) is 4.02. The number of carboxylic acids is 1. The van der Waals surface area contributed by atoms with Crippen molar-refractivity contribution in [3.05, 3.63) is 0 Å². The van der Waals surface area contributed by atoms with Crippen LogP contribution < -0.4 is 0 Å². The van der Waals surface area contributed by atoms with Crippen LogP contribution in [0.4, 0.5) is 0 Å². The van der Waals surface area contributed by atoms with Crippen molar-refractivity contribution in [2.75, 3.05) is 45.8 Å². The maximum Gasteiger partial charge on any atom is 0.320 e. The van der Waals surface area contributed by atoms with Crippen LogP contribution in [0.25, 0.3) is 0 Å². The highest BCUT2D eigenvalue weighted by molar-refractivity contribution is 5.72. The maximum atomic E-state index is 11.0. The molecule has 3 fully saturated rings. The van der Waals surface area contributed by atoms with Crippen LogP contribution in [0.15, 0.2) is 0 Å². The molecule has 3 saturated heterocycles. The van der Waals surface area contributed by atoms with Gasteiger partial charge in [0.05, 0.1) is 0 Å². The summed E-state index contributed by atoms with van der Waals surface area (Å²) in [6, 6.07) is 0.413. The van der Waals surface area contributed by atoms with E-state index in [0.29, 0.717) is 0 Å². The Morgan fingerprint density at radius 3 is 2.47 bits per heavy atom. The van der Waals surface area contributed by atoms with E-state index in [4.69, 9.17) is 5.11 Å². The number of piperidine rings is 1. The Morgan fingerprint density at radius 1 is 1.11 bits per heavy atom. The molecule has 3 rings (SSSR count). The minimum absolute atomic E-state index is 0.338. The lowest BCUT2D eigenvalue weighted by Gasteiger charge is -2.44. The third-order valence-electron chi connectivity index (χ3n) is 5.32. The van der Waals surface area contributed by atoms with Crippen molar-refractivity contribution >= 4 is 5.97 Å². The van der Waals surface area contributed by atoms with Crippen molar-refractivity contribution in [2.24, 2.45) is 5.92 Å². The molecule has 2 bridgehead atoms. The first kappa shape index (κ1) is 13.3. The second-order valence-corrected chi connectivity index (χ2v) is 6.29. The third kappa shape index (κ3) is 2.64. The molecule has 0 spiro atoms. The number of nitrogens with zero attached hydrogens (tertiary/aromatic N) is 3. The van der Waals surface area contributed by atoms with Gasteiger partial charge in [-0.3, -0.25) is 14.6 Å². The van der Waals surface area contributed by atoms with Crippen LogP contribution in [-0.4, -0.2) is 83.7 Å². The largest absolute Gasteiger partial charge is 0.480 e. The zero-order chi connectivity index (χ0) is 13.4. The van der Waals surface area contributed by atoms with E-state index in [0.717, 1.165) is 38.1 Å². The van der Waals surface area contributed by atoms with Gasteiger partial charge in [-0.15, -0.1) is 0 Å². The van der Waals surface area contributed by atoms with Gasteiger partial charge in [-0.2, -0.15) is 0 Å². The molecule has 108 valence electrons. The van der Waals surface area contributed by atoms with Gasteiger partial charge >= 0.3 is 5.97 Å². The normalized spacial score (nSPS) is 38.3. The van der Waals surface area contributed by atoms with Crippen LogP contribution >= 0.6 is 0 Å². The van der Waals surface area contributed by atoms with Crippen molar-refractivity contribution in [1.29, 1.82) is 0 Å². The number of carbonyl (C=O) groups is 1. The fraction of sp³-hybridized carbons (Fsp3) is 0.929. The van der Waals surface area contributed by atoms with E-state index in [1.54, 1.807) is 6.92 Å². The summed E-state index contributed by atoms with van der Waals surface area (Å²) < 4.78 is 0. The molecule has 0 aromatic carbocycles. The van der Waals surface area contributed by atoms with Crippen LogP contribution in [0.1, 0.15) is 19.8 Å². The molecule has 3 heterocycles. The molecular weight excluding hydrogens is 242 g/mol. The van der Waals surface area contributed by atoms with Gasteiger partial charge in [0.15, 0.2) is 0 Å². The third-order valence-corrected chi connectivity index (χ3v) is 5.32. The van der Waals surface area contributed by atoms with E-state index < -0.39 is 5.97 Å². The van der Waals surface area contributed by atoms with Crippen LogP contribution in [0.3, 0.4) is 0 Å². The average molecular weight is 267 g/mol. The van der Waals surface area contributed by atoms with Crippen LogP contribution in [0.2, 0.25) is 0 Å². The number of piperazine rings is 1. The Kier molecular flexibility index (Phi) is 3.78. The first-order valence-electron chi connectivity index (χ1n) is 7.58. The molecular formula is C14H25N3O2. The number of aliphatic carboxylic acids is 1. The van der Waals surface area contributed by atoms with E-state index in [-0.39, 0.29) is 6.04 Å². The number of hydrogen-bond donors (Lipinski definition) is 1. The molecule has 0 aromatic rings. The maximum absolute atomic E-state index is 11.0. The predicted octanol–water partition coefficient (Wildman–Crippen LogP) is 0.171. The molecule has 0 aliphatic carbocycles. The second kappa shape index (κ2) is 5.38. The molecule has 0 saturated carbocycles. The van der Waals surface area contributed by atoms with Crippen LogP contribution in [0.5, 0.6) is 0 Å². The van der Waals surface area contributed by atoms with Gasteiger partial charge in [-0.25, -0.2) is 0 Å². The Hall–Kier alpha value is -0.650. The Bertz CT molecular complexity index is 342. The highest BCUT2D eigenvalue weighted by atomic mass is 16.4. The van der Waals surface area contributed by atoms with E-state index in [2.05, 4.69) is 14.7 Å². The predicted molar refractivity (Wildman–Crippen MR) is 73.2 cm³/mol. The monoisotopic (exact) mass is 267 g/mol. The zero-order valence-corrected chi connectivity index (χ0v) is 11.8. The van der Waals surface area contributed by atoms with E-state index in [9.17, 15) is 4.79 Å². The highest BCUT2D eigenvalue weighted by Gasteiger charge is 2.38. The number of rotatable bonds is 3. The summed E-state index contributed by atoms with van der Waals surface area (Å²) in [5, 5.41) is 9.07. The standard InChI is InChI=1S/C14H25N3O2/c1-11(14(18)19)16-6-8-17(9-7-16)13-3-5-15-4-2-12(13)10-15/h11-13H,2-10H2,1H3,(H,18,19). The molecule has 5 heteroatoms. The Balaban J connectivity index is 1.54. The van der Waals surface area contributed by atoms with Crippen molar-refractivity contribution < 1.29 is 9.90 Å². The molecule has 3 aliphatic rings. The average Bonchev–Trinajstić information content (AvgIpc) is 2.80. The van der Waals surface area contributed by atoms with E-state index >= 15 is 0 Å². The fourth-order valence-corrected chi connectivity index (χ4v) is 4.02. The van der Waals surface area contributed by atoms with Crippen molar-refractivity contribution in [2.45, 2.75) is 31.8 Å². The van der Waals surface area contributed by atoms with Crippen LogP contribution in [0, 0.1) is 5.92 Å². The van der Waals surface area contributed by atoms with Crippen molar-refractivity contribution in [1.82, 2.24) is 14.7 Å². The van der Waals surface area contributed by atoms with E-state index in [1.807, 2.05) is 0 Å². The first-order valence-corrected chi connectivity index (χ1v) is 7.58. The lowest BCUT2D eigenvalue weighted by Crippen LogP contribution is -2.56. The van der Waals surface area contributed by atoms with Gasteiger partial charge in [-0.1, -0.05) is 0 Å². The lowest BCUT2D eigenvalue weighted by molar-refractivity contribution is -0.143. The summed E-state index contributed by atoms with van der Waals surface area (Å²) in [6.07, 6.45) is 2.66. The zero-order valence-electron chi connectivity index (χ0n) is 11.8. The summed E-state index contributed by atoms with van der Waals surface area (Å²) in [6.45, 7) is 9.52. The molecule has 0 radical (unpaired) electrons. The summed E-state index contributed by atoms with van der Waals surface area (Å²) in [7, 11) is 0. The minimum Gasteiger partial charge on any atom is -0.480 e. The quantitative estimate of drug-likeness (QED) is 0.790. The summed E-state index contributed by atoms with van der Waals surface area (Å²) in [5.41, 5.74) is 0.